The maximum atomic E-state index is 13.8. The number of hydrogen-bond acceptors (Lipinski definition) is 3. The van der Waals surface area contributed by atoms with E-state index in [1.54, 1.807) is 30.3 Å². The summed E-state index contributed by atoms with van der Waals surface area (Å²) in [5.41, 5.74) is -1.59. The minimum absolute atomic E-state index is 0.0488. The number of halogens is 4. The van der Waals surface area contributed by atoms with E-state index in [0.717, 1.165) is 0 Å². The van der Waals surface area contributed by atoms with Gasteiger partial charge >= 0.3 is 6.18 Å². The van der Waals surface area contributed by atoms with Crippen molar-refractivity contribution in [2.24, 2.45) is 0 Å². The molecule has 27 heavy (non-hydrogen) atoms. The van der Waals surface area contributed by atoms with Crippen molar-refractivity contribution in [1.82, 2.24) is 4.98 Å². The van der Waals surface area contributed by atoms with Gasteiger partial charge in [0.2, 0.25) is 5.88 Å². The third-order valence-electron chi connectivity index (χ3n) is 3.50. The van der Waals surface area contributed by atoms with Crippen molar-refractivity contribution in [3.63, 3.8) is 0 Å². The van der Waals surface area contributed by atoms with E-state index in [0.29, 0.717) is 23.9 Å². The van der Waals surface area contributed by atoms with Crippen molar-refractivity contribution < 1.29 is 27.1 Å². The molecule has 8 heteroatoms. The normalized spacial score (nSPS) is 11.1. The van der Waals surface area contributed by atoms with E-state index in [1.807, 2.05) is 0 Å². The molecule has 3 rings (SSSR count). The molecule has 0 saturated carbocycles. The van der Waals surface area contributed by atoms with Crippen LogP contribution in [0.5, 0.6) is 11.6 Å². The predicted octanol–water partition coefficient (Wildman–Crippen LogP) is 5.28. The monoisotopic (exact) mass is 376 g/mol. The zero-order chi connectivity index (χ0) is 19.4. The van der Waals surface area contributed by atoms with Crippen LogP contribution in [-0.2, 0) is 6.18 Å². The van der Waals surface area contributed by atoms with Crippen LogP contribution in [0.1, 0.15) is 15.9 Å². The van der Waals surface area contributed by atoms with Crippen LogP contribution in [0.15, 0.2) is 66.9 Å². The lowest BCUT2D eigenvalue weighted by Gasteiger charge is -2.11. The number of benzene rings is 2. The fraction of sp³-hybridized carbons (Fsp3) is 0.0526. The summed E-state index contributed by atoms with van der Waals surface area (Å²) >= 11 is 0. The van der Waals surface area contributed by atoms with E-state index >= 15 is 0 Å². The number of carbonyl (C=O) groups excluding carboxylic acids is 1. The van der Waals surface area contributed by atoms with Crippen molar-refractivity contribution in [2.45, 2.75) is 6.18 Å². The lowest BCUT2D eigenvalue weighted by atomic mass is 10.1. The van der Waals surface area contributed by atoms with Gasteiger partial charge in [0.05, 0.1) is 11.3 Å². The van der Waals surface area contributed by atoms with Crippen LogP contribution in [-0.4, -0.2) is 10.9 Å². The highest BCUT2D eigenvalue weighted by Crippen LogP contribution is 2.32. The highest BCUT2D eigenvalue weighted by Gasteiger charge is 2.31. The van der Waals surface area contributed by atoms with Gasteiger partial charge in [-0.1, -0.05) is 18.2 Å². The summed E-state index contributed by atoms with van der Waals surface area (Å²) in [4.78, 5) is 16.3. The zero-order valence-corrected chi connectivity index (χ0v) is 13.6. The van der Waals surface area contributed by atoms with Crippen molar-refractivity contribution in [1.29, 1.82) is 0 Å². The molecule has 0 aliphatic rings. The first kappa shape index (κ1) is 18.4. The number of rotatable bonds is 4. The molecule has 0 aliphatic carbocycles. The van der Waals surface area contributed by atoms with Gasteiger partial charge in [-0.15, -0.1) is 0 Å². The van der Waals surface area contributed by atoms with Crippen LogP contribution in [0.2, 0.25) is 0 Å². The first-order chi connectivity index (χ1) is 12.8. The molecule has 4 nitrogen and oxygen atoms in total. The molecule has 0 saturated heterocycles. The standard InChI is InChI=1S/C19H12F4N2O2/c20-15-7-6-13(19(21,22)23)11-16(15)25-18(26)12-8-9-24-17(10-12)27-14-4-2-1-3-5-14/h1-11H,(H,25,26). The van der Waals surface area contributed by atoms with Gasteiger partial charge in [0, 0.05) is 17.8 Å². The predicted molar refractivity (Wildman–Crippen MR) is 90.1 cm³/mol. The molecule has 1 aromatic heterocycles. The Hall–Kier alpha value is -3.42. The van der Waals surface area contributed by atoms with Crippen molar-refractivity contribution in [3.05, 3.63) is 83.8 Å². The maximum Gasteiger partial charge on any atom is 0.416 e. The van der Waals surface area contributed by atoms with Crippen molar-refractivity contribution in [3.8, 4) is 11.6 Å². The molecule has 3 aromatic rings. The Morgan fingerprint density at radius 3 is 2.44 bits per heavy atom. The summed E-state index contributed by atoms with van der Waals surface area (Å²) in [6.45, 7) is 0. The van der Waals surface area contributed by atoms with E-state index in [-0.39, 0.29) is 11.4 Å². The molecule has 0 aliphatic heterocycles. The second kappa shape index (κ2) is 7.45. The van der Waals surface area contributed by atoms with E-state index in [1.165, 1.54) is 18.3 Å². The van der Waals surface area contributed by atoms with Gasteiger partial charge < -0.3 is 10.1 Å². The number of para-hydroxylation sites is 1. The summed E-state index contributed by atoms with van der Waals surface area (Å²) in [6, 6.07) is 13.1. The number of hydrogen-bond donors (Lipinski definition) is 1. The molecule has 0 atom stereocenters. The van der Waals surface area contributed by atoms with Crippen LogP contribution < -0.4 is 10.1 Å². The number of ether oxygens (including phenoxy) is 1. The van der Waals surface area contributed by atoms with E-state index < -0.39 is 29.2 Å². The Morgan fingerprint density at radius 2 is 1.74 bits per heavy atom. The number of pyridine rings is 1. The first-order valence-corrected chi connectivity index (χ1v) is 7.70. The molecule has 1 N–H and O–H groups in total. The number of carbonyl (C=O) groups is 1. The van der Waals surface area contributed by atoms with Gasteiger partial charge in [-0.25, -0.2) is 9.37 Å². The fourth-order valence-electron chi connectivity index (χ4n) is 2.21. The average molecular weight is 376 g/mol. The molecule has 0 bridgehead atoms. The summed E-state index contributed by atoms with van der Waals surface area (Å²) < 4.78 is 57.6. The molecular formula is C19H12F4N2O2. The Labute approximate surface area is 151 Å². The lowest BCUT2D eigenvalue weighted by Crippen LogP contribution is -2.14. The smallest absolute Gasteiger partial charge is 0.416 e. The summed E-state index contributed by atoms with van der Waals surface area (Å²) in [7, 11) is 0. The van der Waals surface area contributed by atoms with E-state index in [4.69, 9.17) is 4.74 Å². The molecule has 1 heterocycles. The third-order valence-corrected chi connectivity index (χ3v) is 3.50. The molecule has 0 fully saturated rings. The minimum Gasteiger partial charge on any atom is -0.439 e. The van der Waals surface area contributed by atoms with Gasteiger partial charge in [0.25, 0.3) is 5.91 Å². The zero-order valence-electron chi connectivity index (χ0n) is 13.6. The van der Waals surface area contributed by atoms with Crippen molar-refractivity contribution >= 4 is 11.6 Å². The SMILES string of the molecule is O=C(Nc1cc(C(F)(F)F)ccc1F)c1ccnc(Oc2ccccc2)c1. The van der Waals surface area contributed by atoms with Gasteiger partial charge in [0.15, 0.2) is 0 Å². The molecule has 0 unspecified atom stereocenters. The molecule has 2 aromatic carbocycles. The molecule has 1 amide bonds. The van der Waals surface area contributed by atoms with Crippen LogP contribution in [0.25, 0.3) is 0 Å². The molecule has 0 radical (unpaired) electrons. The Morgan fingerprint density at radius 1 is 1.00 bits per heavy atom. The quantitative estimate of drug-likeness (QED) is 0.630. The lowest BCUT2D eigenvalue weighted by molar-refractivity contribution is -0.137. The maximum absolute atomic E-state index is 13.8. The Balaban J connectivity index is 1.80. The van der Waals surface area contributed by atoms with Crippen LogP contribution in [0.3, 0.4) is 0 Å². The minimum atomic E-state index is -4.65. The largest absolute Gasteiger partial charge is 0.439 e. The fourth-order valence-corrected chi connectivity index (χ4v) is 2.21. The average Bonchev–Trinajstić information content (AvgIpc) is 2.63. The van der Waals surface area contributed by atoms with Gasteiger partial charge in [-0.2, -0.15) is 13.2 Å². The summed E-state index contributed by atoms with van der Waals surface area (Å²) in [6.07, 6.45) is -3.35. The van der Waals surface area contributed by atoms with E-state index in [2.05, 4.69) is 10.3 Å². The Bertz CT molecular complexity index is 959. The molecular weight excluding hydrogens is 364 g/mol. The number of nitrogens with one attached hydrogen (secondary N) is 1. The van der Waals surface area contributed by atoms with Crippen LogP contribution in [0, 0.1) is 5.82 Å². The topological polar surface area (TPSA) is 51.2 Å². The molecule has 0 spiro atoms. The summed E-state index contributed by atoms with van der Waals surface area (Å²) in [5.74, 6) is -1.18. The number of anilines is 1. The second-order valence-corrected chi connectivity index (χ2v) is 5.44. The number of alkyl halides is 3. The molecule has 138 valence electrons. The van der Waals surface area contributed by atoms with Gasteiger partial charge in [0.1, 0.15) is 11.6 Å². The highest BCUT2D eigenvalue weighted by atomic mass is 19.4. The van der Waals surface area contributed by atoms with Gasteiger partial charge in [-0.05, 0) is 36.4 Å². The van der Waals surface area contributed by atoms with Crippen LogP contribution >= 0.6 is 0 Å². The van der Waals surface area contributed by atoms with E-state index in [9.17, 15) is 22.4 Å². The first-order valence-electron chi connectivity index (χ1n) is 7.70. The van der Waals surface area contributed by atoms with Gasteiger partial charge in [-0.3, -0.25) is 4.79 Å². The highest BCUT2D eigenvalue weighted by molar-refractivity contribution is 6.04. The Kier molecular flexibility index (Phi) is 5.07. The number of nitrogens with zero attached hydrogens (tertiary/aromatic N) is 1. The number of amides is 1. The number of aromatic nitrogens is 1. The van der Waals surface area contributed by atoms with Crippen molar-refractivity contribution in [2.75, 3.05) is 5.32 Å². The third kappa shape index (κ3) is 4.60. The van der Waals surface area contributed by atoms with Crippen LogP contribution in [0.4, 0.5) is 23.2 Å². The second-order valence-electron chi connectivity index (χ2n) is 5.44. The summed E-state index contributed by atoms with van der Waals surface area (Å²) in [5, 5.41) is 2.13.